The number of thiophene rings is 1. The number of hydrogen-bond acceptors (Lipinski definition) is 4. The van der Waals surface area contributed by atoms with Crippen LogP contribution in [0.4, 0.5) is 0 Å². The van der Waals surface area contributed by atoms with Crippen molar-refractivity contribution in [2.24, 2.45) is 13.0 Å². The third kappa shape index (κ3) is 4.92. The molecule has 0 radical (unpaired) electrons. The summed E-state index contributed by atoms with van der Waals surface area (Å²) < 4.78 is 8.04. The highest BCUT2D eigenvalue weighted by molar-refractivity contribution is 7.12. The zero-order valence-electron chi connectivity index (χ0n) is 18.6. The maximum absolute atomic E-state index is 13.3. The van der Waals surface area contributed by atoms with Crippen LogP contribution in [0, 0.1) is 5.92 Å². The number of carbonyl (C=O) groups is 1. The van der Waals surface area contributed by atoms with E-state index in [9.17, 15) is 4.79 Å². The van der Waals surface area contributed by atoms with Crippen LogP contribution < -0.4 is 4.74 Å². The van der Waals surface area contributed by atoms with Crippen LogP contribution in [0.25, 0.3) is 11.3 Å². The standard InChI is InChI=1S/C26H27N3O2S/c1-19(2)17-29(25(30)23-15-10-16-32-23)18-22-24(20-11-6-4-7-12-20)27-28(3)26(22)31-21-13-8-5-9-14-21/h4-16,19H,17-18H2,1-3H3. The Kier molecular flexibility index (Phi) is 6.71. The lowest BCUT2D eigenvalue weighted by atomic mass is 10.1. The van der Waals surface area contributed by atoms with E-state index in [1.54, 1.807) is 4.68 Å². The Morgan fingerprint density at radius 2 is 1.72 bits per heavy atom. The van der Waals surface area contributed by atoms with Crippen LogP contribution >= 0.6 is 11.3 Å². The lowest BCUT2D eigenvalue weighted by molar-refractivity contribution is 0.0727. The van der Waals surface area contributed by atoms with E-state index in [2.05, 4.69) is 13.8 Å². The summed E-state index contributed by atoms with van der Waals surface area (Å²) in [6.07, 6.45) is 0. The molecule has 0 saturated carbocycles. The molecule has 0 aliphatic heterocycles. The lowest BCUT2D eigenvalue weighted by Gasteiger charge is -2.25. The minimum Gasteiger partial charge on any atom is -0.439 e. The molecule has 32 heavy (non-hydrogen) atoms. The predicted molar refractivity (Wildman–Crippen MR) is 129 cm³/mol. The van der Waals surface area contributed by atoms with Gasteiger partial charge < -0.3 is 9.64 Å². The van der Waals surface area contributed by atoms with Crippen molar-refractivity contribution in [2.45, 2.75) is 20.4 Å². The quantitative estimate of drug-likeness (QED) is 0.323. The third-order valence-electron chi connectivity index (χ3n) is 5.05. The number of aryl methyl sites for hydroxylation is 1. The molecule has 5 nitrogen and oxygen atoms in total. The summed E-state index contributed by atoms with van der Waals surface area (Å²) in [6, 6.07) is 23.5. The van der Waals surface area contributed by atoms with E-state index < -0.39 is 0 Å². The van der Waals surface area contributed by atoms with Gasteiger partial charge in [-0.25, -0.2) is 4.68 Å². The number of amides is 1. The zero-order valence-corrected chi connectivity index (χ0v) is 19.4. The molecule has 0 atom stereocenters. The summed E-state index contributed by atoms with van der Waals surface area (Å²) in [7, 11) is 1.88. The highest BCUT2D eigenvalue weighted by atomic mass is 32.1. The van der Waals surface area contributed by atoms with E-state index in [-0.39, 0.29) is 5.91 Å². The van der Waals surface area contributed by atoms with Gasteiger partial charge in [0.05, 0.1) is 17.0 Å². The molecule has 0 fully saturated rings. The van der Waals surface area contributed by atoms with Crippen molar-refractivity contribution >= 4 is 17.2 Å². The largest absolute Gasteiger partial charge is 0.439 e. The molecule has 0 saturated heterocycles. The van der Waals surface area contributed by atoms with Gasteiger partial charge in [-0.15, -0.1) is 11.3 Å². The van der Waals surface area contributed by atoms with Crippen LogP contribution in [-0.4, -0.2) is 27.1 Å². The SMILES string of the molecule is CC(C)CN(Cc1c(-c2ccccc2)nn(C)c1Oc1ccccc1)C(=O)c1cccs1. The Morgan fingerprint density at radius 3 is 2.34 bits per heavy atom. The van der Waals surface area contributed by atoms with E-state index in [1.807, 2.05) is 90.1 Å². The fourth-order valence-corrected chi connectivity index (χ4v) is 4.35. The van der Waals surface area contributed by atoms with Gasteiger partial charge in [-0.1, -0.05) is 68.4 Å². The fraction of sp³-hybridized carbons (Fsp3) is 0.231. The molecular weight excluding hydrogens is 418 g/mol. The highest BCUT2D eigenvalue weighted by Gasteiger charge is 2.26. The molecule has 6 heteroatoms. The Bertz CT molecular complexity index is 1150. The third-order valence-corrected chi connectivity index (χ3v) is 5.90. The van der Waals surface area contributed by atoms with Crippen LogP contribution in [0.1, 0.15) is 29.1 Å². The monoisotopic (exact) mass is 445 g/mol. The molecule has 2 aromatic carbocycles. The van der Waals surface area contributed by atoms with Crippen molar-refractivity contribution in [2.75, 3.05) is 6.54 Å². The van der Waals surface area contributed by atoms with Crippen molar-refractivity contribution in [1.29, 1.82) is 0 Å². The van der Waals surface area contributed by atoms with Crippen molar-refractivity contribution in [3.8, 4) is 22.9 Å². The van der Waals surface area contributed by atoms with E-state index in [0.29, 0.717) is 24.9 Å². The first-order valence-electron chi connectivity index (χ1n) is 10.7. The van der Waals surface area contributed by atoms with Gasteiger partial charge in [-0.2, -0.15) is 5.10 Å². The molecule has 0 aliphatic rings. The first-order valence-corrected chi connectivity index (χ1v) is 11.6. The predicted octanol–water partition coefficient (Wildman–Crippen LogP) is 6.24. The van der Waals surface area contributed by atoms with E-state index in [1.165, 1.54) is 11.3 Å². The smallest absolute Gasteiger partial charge is 0.264 e. The Hall–Kier alpha value is -3.38. The average molecular weight is 446 g/mol. The van der Waals surface area contributed by atoms with E-state index in [4.69, 9.17) is 9.84 Å². The average Bonchev–Trinajstić information content (AvgIpc) is 3.44. The van der Waals surface area contributed by atoms with Gasteiger partial charge >= 0.3 is 0 Å². The normalized spacial score (nSPS) is 11.0. The minimum absolute atomic E-state index is 0.0298. The van der Waals surface area contributed by atoms with Gasteiger partial charge in [0.2, 0.25) is 5.88 Å². The summed E-state index contributed by atoms with van der Waals surface area (Å²) in [5, 5.41) is 6.72. The molecule has 4 rings (SSSR count). The maximum atomic E-state index is 13.3. The second kappa shape index (κ2) is 9.83. The van der Waals surface area contributed by atoms with Gasteiger partial charge in [0, 0.05) is 19.2 Å². The Labute approximate surface area is 192 Å². The molecule has 4 aromatic rings. The maximum Gasteiger partial charge on any atom is 0.264 e. The highest BCUT2D eigenvalue weighted by Crippen LogP contribution is 2.34. The molecule has 0 spiro atoms. The molecule has 0 aliphatic carbocycles. The van der Waals surface area contributed by atoms with E-state index in [0.717, 1.165) is 27.4 Å². The first-order chi connectivity index (χ1) is 15.5. The number of rotatable bonds is 8. The summed E-state index contributed by atoms with van der Waals surface area (Å²) >= 11 is 1.47. The second-order valence-electron chi connectivity index (χ2n) is 8.09. The number of ether oxygens (including phenoxy) is 1. The fourth-order valence-electron chi connectivity index (χ4n) is 3.66. The topological polar surface area (TPSA) is 47.4 Å². The van der Waals surface area contributed by atoms with E-state index >= 15 is 0 Å². The summed E-state index contributed by atoms with van der Waals surface area (Å²) in [5.41, 5.74) is 2.72. The Morgan fingerprint density at radius 1 is 1.03 bits per heavy atom. The van der Waals surface area contributed by atoms with Gasteiger partial charge in [-0.3, -0.25) is 4.79 Å². The molecule has 0 unspecified atom stereocenters. The number of aromatic nitrogens is 2. The van der Waals surface area contributed by atoms with Gasteiger partial charge in [0.25, 0.3) is 5.91 Å². The molecule has 164 valence electrons. The van der Waals surface area contributed by atoms with Gasteiger partial charge in [0.1, 0.15) is 11.4 Å². The number of benzene rings is 2. The molecule has 0 bridgehead atoms. The number of para-hydroxylation sites is 1. The summed E-state index contributed by atoms with van der Waals surface area (Å²) in [5.74, 6) is 1.73. The molecule has 0 N–H and O–H groups in total. The molecule has 2 heterocycles. The molecule has 1 amide bonds. The van der Waals surface area contributed by atoms with Gasteiger partial charge in [0.15, 0.2) is 0 Å². The van der Waals surface area contributed by atoms with Crippen LogP contribution in [-0.2, 0) is 13.6 Å². The Balaban J connectivity index is 1.77. The molecule has 2 aromatic heterocycles. The van der Waals surface area contributed by atoms with Crippen LogP contribution in [0.3, 0.4) is 0 Å². The summed E-state index contributed by atoms with van der Waals surface area (Å²) in [4.78, 5) is 16.0. The first kappa shape index (κ1) is 21.8. The summed E-state index contributed by atoms with van der Waals surface area (Å²) in [6.45, 7) is 5.30. The minimum atomic E-state index is 0.0298. The lowest BCUT2D eigenvalue weighted by Crippen LogP contribution is -2.33. The van der Waals surface area contributed by atoms with Gasteiger partial charge in [-0.05, 0) is 29.5 Å². The van der Waals surface area contributed by atoms with Crippen LogP contribution in [0.5, 0.6) is 11.6 Å². The van der Waals surface area contributed by atoms with Crippen molar-refractivity contribution in [1.82, 2.24) is 14.7 Å². The van der Waals surface area contributed by atoms with Crippen LogP contribution in [0.2, 0.25) is 0 Å². The number of nitrogens with zero attached hydrogens (tertiary/aromatic N) is 3. The van der Waals surface area contributed by atoms with Crippen molar-refractivity contribution in [3.05, 3.63) is 88.6 Å². The number of hydrogen-bond donors (Lipinski definition) is 0. The molecular formula is C26H27N3O2S. The van der Waals surface area contributed by atoms with Crippen LogP contribution in [0.15, 0.2) is 78.2 Å². The van der Waals surface area contributed by atoms with Crippen molar-refractivity contribution in [3.63, 3.8) is 0 Å². The zero-order chi connectivity index (χ0) is 22.5. The van der Waals surface area contributed by atoms with Crippen molar-refractivity contribution < 1.29 is 9.53 Å². The number of carbonyl (C=O) groups excluding carboxylic acids is 1. The second-order valence-corrected chi connectivity index (χ2v) is 9.04.